The van der Waals surface area contributed by atoms with Crippen molar-refractivity contribution in [3.8, 4) is 0 Å². The fourth-order valence-corrected chi connectivity index (χ4v) is 2.94. The predicted octanol–water partition coefficient (Wildman–Crippen LogP) is 3.85. The van der Waals surface area contributed by atoms with Crippen LogP contribution in [0.15, 0.2) is 18.2 Å². The number of likely N-dealkylation sites (N-methyl/N-ethyl adjacent to an activating group) is 1. The van der Waals surface area contributed by atoms with Gasteiger partial charge >= 0.3 is 0 Å². The highest BCUT2D eigenvalue weighted by Gasteiger charge is 2.37. The summed E-state index contributed by atoms with van der Waals surface area (Å²) in [5, 5.41) is 10.9. The lowest BCUT2D eigenvalue weighted by Gasteiger charge is -2.44. The quantitative estimate of drug-likeness (QED) is 0.842. The minimum absolute atomic E-state index is 0.206. The highest BCUT2D eigenvalue weighted by atomic mass is 16.3. The number of rotatable bonds is 6. The van der Waals surface area contributed by atoms with E-state index in [1.54, 1.807) is 0 Å². The van der Waals surface area contributed by atoms with E-state index in [1.807, 2.05) is 6.07 Å². The number of hydrogen-bond donors (Lipinski definition) is 1. The molecule has 0 saturated carbocycles. The molecule has 0 radical (unpaired) electrons. The number of aliphatic hydroxyl groups is 1. The Morgan fingerprint density at radius 1 is 1.16 bits per heavy atom. The van der Waals surface area contributed by atoms with Crippen molar-refractivity contribution in [1.82, 2.24) is 4.90 Å². The van der Waals surface area contributed by atoms with Gasteiger partial charge in [-0.25, -0.2) is 0 Å². The maximum absolute atomic E-state index is 10.9. The second-order valence-corrected chi connectivity index (χ2v) is 5.57. The molecular weight excluding hydrogens is 234 g/mol. The largest absolute Gasteiger partial charge is 0.386 e. The van der Waals surface area contributed by atoms with Crippen LogP contribution in [0.3, 0.4) is 0 Å². The van der Waals surface area contributed by atoms with Crippen LogP contribution >= 0.6 is 0 Å². The van der Waals surface area contributed by atoms with Crippen LogP contribution in [0, 0.1) is 13.8 Å². The van der Waals surface area contributed by atoms with E-state index in [0.717, 1.165) is 25.1 Å². The van der Waals surface area contributed by atoms with Crippen LogP contribution in [0.5, 0.6) is 0 Å². The van der Waals surface area contributed by atoms with E-state index in [4.69, 9.17) is 0 Å². The second kappa shape index (κ2) is 6.53. The zero-order valence-electron chi connectivity index (χ0n) is 13.3. The summed E-state index contributed by atoms with van der Waals surface area (Å²) in [5.74, 6) is 0. The van der Waals surface area contributed by atoms with E-state index in [-0.39, 0.29) is 5.54 Å². The van der Waals surface area contributed by atoms with Gasteiger partial charge in [-0.05, 0) is 57.0 Å². The average Bonchev–Trinajstić information content (AvgIpc) is 2.42. The molecule has 2 atom stereocenters. The highest BCUT2D eigenvalue weighted by Crippen LogP contribution is 2.36. The van der Waals surface area contributed by atoms with E-state index in [1.165, 1.54) is 11.1 Å². The summed E-state index contributed by atoms with van der Waals surface area (Å²) < 4.78 is 0. The molecule has 0 aliphatic rings. The summed E-state index contributed by atoms with van der Waals surface area (Å²) in [6.07, 6.45) is 0.487. The van der Waals surface area contributed by atoms with Crippen molar-refractivity contribution in [2.45, 2.75) is 59.6 Å². The third-order valence-corrected chi connectivity index (χ3v) is 4.73. The first-order valence-electron chi connectivity index (χ1n) is 7.41. The third-order valence-electron chi connectivity index (χ3n) is 4.73. The molecule has 0 aliphatic heterocycles. The molecule has 0 bridgehead atoms. The molecule has 0 aromatic heterocycles. The Hall–Kier alpha value is -0.860. The number of benzene rings is 1. The molecule has 0 saturated heterocycles. The zero-order chi connectivity index (χ0) is 14.6. The predicted molar refractivity (Wildman–Crippen MR) is 82.5 cm³/mol. The minimum Gasteiger partial charge on any atom is -0.386 e. The summed E-state index contributed by atoms with van der Waals surface area (Å²) in [6, 6.07) is 6.20. The molecule has 1 N–H and O–H groups in total. The molecule has 108 valence electrons. The molecule has 1 rings (SSSR count). The zero-order valence-corrected chi connectivity index (χ0v) is 13.3. The summed E-state index contributed by atoms with van der Waals surface area (Å²) >= 11 is 0. The van der Waals surface area contributed by atoms with Crippen molar-refractivity contribution in [3.63, 3.8) is 0 Å². The van der Waals surface area contributed by atoms with E-state index >= 15 is 0 Å². The molecule has 2 nitrogen and oxygen atoms in total. The molecule has 0 aliphatic carbocycles. The lowest BCUT2D eigenvalue weighted by atomic mass is 9.83. The van der Waals surface area contributed by atoms with Gasteiger partial charge in [-0.3, -0.25) is 4.90 Å². The Labute approximate surface area is 118 Å². The van der Waals surface area contributed by atoms with Gasteiger partial charge < -0.3 is 5.11 Å². The lowest BCUT2D eigenvalue weighted by molar-refractivity contribution is -0.0217. The Balaban J connectivity index is 3.21. The maximum atomic E-state index is 10.9. The van der Waals surface area contributed by atoms with E-state index in [0.29, 0.717) is 0 Å². The van der Waals surface area contributed by atoms with Gasteiger partial charge in [-0.1, -0.05) is 39.0 Å². The van der Waals surface area contributed by atoms with E-state index in [2.05, 4.69) is 58.6 Å². The van der Waals surface area contributed by atoms with E-state index in [9.17, 15) is 5.11 Å². The van der Waals surface area contributed by atoms with Crippen LogP contribution in [0.2, 0.25) is 0 Å². The van der Waals surface area contributed by atoms with Gasteiger partial charge in [0.2, 0.25) is 0 Å². The van der Waals surface area contributed by atoms with Crippen molar-refractivity contribution in [3.05, 3.63) is 34.9 Å². The third kappa shape index (κ3) is 3.01. The summed E-state index contributed by atoms with van der Waals surface area (Å²) in [4.78, 5) is 2.36. The molecule has 0 amide bonds. The number of aliphatic hydroxyl groups excluding tert-OH is 1. The molecule has 2 unspecified atom stereocenters. The minimum atomic E-state index is -0.447. The van der Waals surface area contributed by atoms with Gasteiger partial charge in [-0.2, -0.15) is 0 Å². The normalized spacial score (nSPS) is 16.4. The van der Waals surface area contributed by atoms with Gasteiger partial charge in [0.15, 0.2) is 0 Å². The van der Waals surface area contributed by atoms with Crippen LogP contribution in [0.1, 0.15) is 56.9 Å². The molecule has 1 aromatic carbocycles. The van der Waals surface area contributed by atoms with E-state index < -0.39 is 6.10 Å². The van der Waals surface area contributed by atoms with Crippen molar-refractivity contribution in [1.29, 1.82) is 0 Å². The first kappa shape index (κ1) is 16.2. The Morgan fingerprint density at radius 2 is 1.74 bits per heavy atom. The maximum Gasteiger partial charge on any atom is 0.0973 e. The van der Waals surface area contributed by atoms with Gasteiger partial charge in [0.05, 0.1) is 6.10 Å². The van der Waals surface area contributed by atoms with Gasteiger partial charge in [0.1, 0.15) is 0 Å². The van der Waals surface area contributed by atoms with Crippen molar-refractivity contribution in [2.24, 2.45) is 0 Å². The van der Waals surface area contributed by atoms with Crippen LogP contribution in [0.4, 0.5) is 0 Å². The summed E-state index contributed by atoms with van der Waals surface area (Å²) in [7, 11) is 0. The van der Waals surface area contributed by atoms with Gasteiger partial charge in [0.25, 0.3) is 0 Å². The van der Waals surface area contributed by atoms with Crippen molar-refractivity contribution >= 4 is 0 Å². The lowest BCUT2D eigenvalue weighted by Crippen LogP contribution is -2.50. The molecule has 0 heterocycles. The van der Waals surface area contributed by atoms with Crippen LogP contribution in [0.25, 0.3) is 0 Å². The Bertz CT molecular complexity index is 412. The summed E-state index contributed by atoms with van der Waals surface area (Å²) in [5.41, 5.74) is 3.31. The Morgan fingerprint density at radius 3 is 2.21 bits per heavy atom. The van der Waals surface area contributed by atoms with Gasteiger partial charge in [0, 0.05) is 5.54 Å². The van der Waals surface area contributed by atoms with Crippen molar-refractivity contribution in [2.75, 3.05) is 13.1 Å². The smallest absolute Gasteiger partial charge is 0.0973 e. The first-order chi connectivity index (χ1) is 8.92. The SMILES string of the molecule is CCN(CC)C(C)(CC)C(O)c1cccc(C)c1C. The monoisotopic (exact) mass is 263 g/mol. The number of hydrogen-bond acceptors (Lipinski definition) is 2. The first-order valence-corrected chi connectivity index (χ1v) is 7.41. The number of aryl methyl sites for hydroxylation is 1. The molecule has 19 heavy (non-hydrogen) atoms. The standard InChI is InChI=1S/C17H29NO/c1-7-17(6,18(8-2)9-3)16(19)15-12-10-11-13(4)14(15)5/h10-12,16,19H,7-9H2,1-6H3. The van der Waals surface area contributed by atoms with Gasteiger partial charge in [-0.15, -0.1) is 0 Å². The van der Waals surface area contributed by atoms with Crippen LogP contribution in [-0.4, -0.2) is 28.6 Å². The molecule has 0 spiro atoms. The van der Waals surface area contributed by atoms with Crippen molar-refractivity contribution < 1.29 is 5.11 Å². The topological polar surface area (TPSA) is 23.5 Å². The van der Waals surface area contributed by atoms with Crippen LogP contribution < -0.4 is 0 Å². The summed E-state index contributed by atoms with van der Waals surface area (Å²) in [6.45, 7) is 14.8. The molecular formula is C17H29NO. The fraction of sp³-hybridized carbons (Fsp3) is 0.647. The molecule has 2 heteroatoms. The number of nitrogens with zero attached hydrogens (tertiary/aromatic N) is 1. The fourth-order valence-electron chi connectivity index (χ4n) is 2.94. The average molecular weight is 263 g/mol. The van der Waals surface area contributed by atoms with Crippen LogP contribution in [-0.2, 0) is 0 Å². The molecule has 0 fully saturated rings. The molecule has 1 aromatic rings. The Kier molecular flexibility index (Phi) is 5.57. The highest BCUT2D eigenvalue weighted by molar-refractivity contribution is 5.36. The second-order valence-electron chi connectivity index (χ2n) is 5.57.